The monoisotopic (exact) mass is 354 g/mol. The SMILES string of the molecule is O=C(c1cccc(P2OCCCO2)c1)c1cc(Cl)ccc1Cl. The summed E-state index contributed by atoms with van der Waals surface area (Å²) in [7, 11) is -1.10. The lowest BCUT2D eigenvalue weighted by Gasteiger charge is -2.22. The van der Waals surface area contributed by atoms with E-state index in [4.69, 9.17) is 32.2 Å². The average Bonchev–Trinajstić information content (AvgIpc) is 2.57. The van der Waals surface area contributed by atoms with Crippen LogP contribution in [0.2, 0.25) is 10.0 Å². The maximum atomic E-state index is 12.6. The first-order valence-electron chi connectivity index (χ1n) is 6.81. The van der Waals surface area contributed by atoms with Gasteiger partial charge in [0.2, 0.25) is 8.38 Å². The molecule has 6 heteroatoms. The highest BCUT2D eigenvalue weighted by molar-refractivity contribution is 7.56. The van der Waals surface area contributed by atoms with Crippen LogP contribution >= 0.6 is 31.6 Å². The van der Waals surface area contributed by atoms with Crippen LogP contribution in [-0.4, -0.2) is 19.0 Å². The van der Waals surface area contributed by atoms with Crippen LogP contribution in [0.15, 0.2) is 42.5 Å². The second kappa shape index (κ2) is 7.08. The van der Waals surface area contributed by atoms with Gasteiger partial charge in [-0.1, -0.05) is 35.3 Å². The molecule has 1 heterocycles. The molecule has 2 aromatic rings. The summed E-state index contributed by atoms with van der Waals surface area (Å²) in [5, 5.41) is 1.75. The van der Waals surface area contributed by atoms with Crippen molar-refractivity contribution < 1.29 is 13.8 Å². The third-order valence-electron chi connectivity index (χ3n) is 3.20. The van der Waals surface area contributed by atoms with E-state index in [9.17, 15) is 4.79 Å². The molecule has 22 heavy (non-hydrogen) atoms. The van der Waals surface area contributed by atoms with Crippen molar-refractivity contribution in [2.24, 2.45) is 0 Å². The molecular weight excluding hydrogens is 342 g/mol. The molecule has 2 aromatic carbocycles. The minimum atomic E-state index is -1.10. The Hall–Kier alpha value is -0.960. The quantitative estimate of drug-likeness (QED) is 0.596. The number of rotatable bonds is 3. The maximum absolute atomic E-state index is 12.6. The Morgan fingerprint density at radius 3 is 2.59 bits per heavy atom. The molecule has 3 rings (SSSR count). The summed E-state index contributed by atoms with van der Waals surface area (Å²) >= 11 is 12.1. The van der Waals surface area contributed by atoms with Gasteiger partial charge in [0.05, 0.1) is 18.2 Å². The fourth-order valence-corrected chi connectivity index (χ4v) is 3.92. The van der Waals surface area contributed by atoms with Crippen LogP contribution < -0.4 is 5.30 Å². The summed E-state index contributed by atoms with van der Waals surface area (Å²) in [6.45, 7) is 1.37. The summed E-state index contributed by atoms with van der Waals surface area (Å²) in [6, 6.07) is 12.2. The molecule has 0 atom stereocenters. The van der Waals surface area contributed by atoms with Gasteiger partial charge in [-0.25, -0.2) is 0 Å². The fourth-order valence-electron chi connectivity index (χ4n) is 2.13. The molecule has 1 aliphatic rings. The van der Waals surface area contributed by atoms with Crippen molar-refractivity contribution in [3.63, 3.8) is 0 Å². The summed E-state index contributed by atoms with van der Waals surface area (Å²) in [5.41, 5.74) is 0.937. The molecule has 0 aliphatic carbocycles. The van der Waals surface area contributed by atoms with E-state index in [1.54, 1.807) is 30.3 Å². The second-order valence-electron chi connectivity index (χ2n) is 4.78. The van der Waals surface area contributed by atoms with Gasteiger partial charge in [-0.2, -0.15) is 0 Å². The standard InChI is InChI=1S/C16H13Cl2O3P/c17-12-5-6-15(18)14(10-12)16(19)11-3-1-4-13(9-11)22-20-7-2-8-21-22/h1,3-6,9-10H,2,7-8H2. The molecule has 3 nitrogen and oxygen atoms in total. The zero-order chi connectivity index (χ0) is 15.5. The van der Waals surface area contributed by atoms with E-state index in [2.05, 4.69) is 0 Å². The summed E-state index contributed by atoms with van der Waals surface area (Å²) in [4.78, 5) is 12.6. The van der Waals surface area contributed by atoms with Crippen molar-refractivity contribution in [3.8, 4) is 0 Å². The van der Waals surface area contributed by atoms with Gasteiger partial charge in [-0.15, -0.1) is 0 Å². The Bertz CT molecular complexity index is 700. The first-order valence-corrected chi connectivity index (χ1v) is 8.74. The number of halogens is 2. The minimum Gasteiger partial charge on any atom is -0.331 e. The van der Waals surface area contributed by atoms with Gasteiger partial charge in [0.15, 0.2) is 5.78 Å². The minimum absolute atomic E-state index is 0.165. The number of benzene rings is 2. The molecule has 0 unspecified atom stereocenters. The van der Waals surface area contributed by atoms with Crippen molar-refractivity contribution in [1.29, 1.82) is 0 Å². The normalized spacial score (nSPS) is 15.7. The number of ketones is 1. The van der Waals surface area contributed by atoms with Crippen LogP contribution in [0.1, 0.15) is 22.3 Å². The van der Waals surface area contributed by atoms with Crippen molar-refractivity contribution >= 4 is 42.7 Å². The summed E-state index contributed by atoms with van der Waals surface area (Å²) < 4.78 is 11.3. The molecule has 0 spiro atoms. The Kier molecular flexibility index (Phi) is 5.12. The molecule has 1 fully saturated rings. The first kappa shape index (κ1) is 15.9. The first-order chi connectivity index (χ1) is 10.6. The Morgan fingerprint density at radius 1 is 1.05 bits per heavy atom. The Labute approximate surface area is 140 Å². The largest absolute Gasteiger partial charge is 0.331 e. The molecule has 0 bridgehead atoms. The van der Waals surface area contributed by atoms with E-state index in [0.717, 1.165) is 11.7 Å². The number of carbonyl (C=O) groups excluding carboxylic acids is 1. The van der Waals surface area contributed by atoms with Gasteiger partial charge in [-0.05, 0) is 36.8 Å². The van der Waals surface area contributed by atoms with Crippen LogP contribution in [0, 0.1) is 0 Å². The number of hydrogen-bond acceptors (Lipinski definition) is 3. The van der Waals surface area contributed by atoms with Gasteiger partial charge in [0, 0.05) is 21.5 Å². The van der Waals surface area contributed by atoms with Gasteiger partial charge >= 0.3 is 0 Å². The highest BCUT2D eigenvalue weighted by atomic mass is 35.5. The fraction of sp³-hybridized carbons (Fsp3) is 0.188. The number of hydrogen-bond donors (Lipinski definition) is 0. The third kappa shape index (κ3) is 3.51. The average molecular weight is 355 g/mol. The molecule has 1 saturated heterocycles. The van der Waals surface area contributed by atoms with Crippen LogP contribution in [0.25, 0.3) is 0 Å². The van der Waals surface area contributed by atoms with Gasteiger partial charge in [0.25, 0.3) is 0 Å². The zero-order valence-corrected chi connectivity index (χ0v) is 14.0. The zero-order valence-electron chi connectivity index (χ0n) is 11.6. The second-order valence-corrected chi connectivity index (χ2v) is 7.17. The van der Waals surface area contributed by atoms with Crippen LogP contribution in [0.5, 0.6) is 0 Å². The van der Waals surface area contributed by atoms with E-state index in [0.29, 0.717) is 34.4 Å². The third-order valence-corrected chi connectivity index (χ3v) is 5.30. The van der Waals surface area contributed by atoms with E-state index < -0.39 is 8.38 Å². The van der Waals surface area contributed by atoms with E-state index >= 15 is 0 Å². The van der Waals surface area contributed by atoms with Crippen molar-refractivity contribution in [2.45, 2.75) is 6.42 Å². The van der Waals surface area contributed by atoms with Crippen LogP contribution in [0.3, 0.4) is 0 Å². The molecule has 0 N–H and O–H groups in total. The topological polar surface area (TPSA) is 35.5 Å². The molecule has 1 aliphatic heterocycles. The predicted molar refractivity (Wildman–Crippen MR) is 89.4 cm³/mol. The lowest BCUT2D eigenvalue weighted by atomic mass is 10.0. The molecule has 0 aromatic heterocycles. The van der Waals surface area contributed by atoms with E-state index in [1.807, 2.05) is 12.1 Å². The van der Waals surface area contributed by atoms with E-state index in [1.165, 1.54) is 0 Å². The lowest BCUT2D eigenvalue weighted by Crippen LogP contribution is -2.14. The molecule has 114 valence electrons. The highest BCUT2D eigenvalue weighted by Gasteiger charge is 2.20. The Balaban J connectivity index is 1.91. The molecular formula is C16H13Cl2O3P. The highest BCUT2D eigenvalue weighted by Crippen LogP contribution is 2.40. The van der Waals surface area contributed by atoms with Crippen molar-refractivity contribution in [1.82, 2.24) is 0 Å². The predicted octanol–water partition coefficient (Wildman–Crippen LogP) is 4.60. The number of carbonyl (C=O) groups is 1. The maximum Gasteiger partial charge on any atom is 0.205 e. The Morgan fingerprint density at radius 2 is 1.82 bits per heavy atom. The van der Waals surface area contributed by atoms with Gasteiger partial charge in [-0.3, -0.25) is 4.79 Å². The van der Waals surface area contributed by atoms with Gasteiger partial charge in [0.1, 0.15) is 0 Å². The van der Waals surface area contributed by atoms with Crippen LogP contribution in [-0.2, 0) is 9.05 Å². The summed E-state index contributed by atoms with van der Waals surface area (Å²) in [5.74, 6) is -0.165. The van der Waals surface area contributed by atoms with Gasteiger partial charge < -0.3 is 9.05 Å². The lowest BCUT2D eigenvalue weighted by molar-refractivity contribution is 0.103. The molecule has 0 radical (unpaired) electrons. The van der Waals surface area contributed by atoms with E-state index in [-0.39, 0.29) is 5.78 Å². The summed E-state index contributed by atoms with van der Waals surface area (Å²) in [6.07, 6.45) is 0.898. The smallest absolute Gasteiger partial charge is 0.205 e. The van der Waals surface area contributed by atoms with Crippen LogP contribution in [0.4, 0.5) is 0 Å². The van der Waals surface area contributed by atoms with Crippen molar-refractivity contribution in [3.05, 3.63) is 63.6 Å². The van der Waals surface area contributed by atoms with Crippen molar-refractivity contribution in [2.75, 3.05) is 13.2 Å². The molecule has 0 amide bonds. The molecule has 0 saturated carbocycles.